The Bertz CT molecular complexity index is 1110. The number of pyridine rings is 2. The third kappa shape index (κ3) is 3.52. The highest BCUT2D eigenvalue weighted by atomic mass is 32.1. The summed E-state index contributed by atoms with van der Waals surface area (Å²) >= 11 is 1.49. The van der Waals surface area contributed by atoms with Gasteiger partial charge in [0, 0.05) is 24.0 Å². The second-order valence-electron chi connectivity index (χ2n) is 5.99. The van der Waals surface area contributed by atoms with E-state index in [4.69, 9.17) is 15.2 Å². The van der Waals surface area contributed by atoms with Gasteiger partial charge in [-0.3, -0.25) is 0 Å². The van der Waals surface area contributed by atoms with Gasteiger partial charge < -0.3 is 15.2 Å². The fraction of sp³-hybridized carbons (Fsp3) is 0.0952. The molecular weight excluding hydrogens is 372 g/mol. The van der Waals surface area contributed by atoms with Crippen LogP contribution in [0.15, 0.2) is 60.9 Å². The highest BCUT2D eigenvalue weighted by Gasteiger charge is 2.18. The Hall–Kier alpha value is -3.45. The van der Waals surface area contributed by atoms with E-state index in [1.165, 1.54) is 11.3 Å². The van der Waals surface area contributed by atoms with Crippen molar-refractivity contribution in [2.75, 3.05) is 12.8 Å². The fourth-order valence-corrected chi connectivity index (χ4v) is 3.66. The molecule has 0 aliphatic carbocycles. The molecule has 0 aliphatic rings. The Morgan fingerprint density at radius 1 is 0.964 bits per heavy atom. The summed E-state index contributed by atoms with van der Waals surface area (Å²) in [5.74, 6) is 1.46. The SMILES string of the molecule is COc1cc(-c2c(Oc3sc(C)nc3-c3ccccc3)ccnc2N)ccn1. The van der Waals surface area contributed by atoms with Crippen LogP contribution in [0.4, 0.5) is 5.82 Å². The zero-order chi connectivity index (χ0) is 19.5. The zero-order valence-electron chi connectivity index (χ0n) is 15.4. The molecule has 0 spiro atoms. The smallest absolute Gasteiger partial charge is 0.213 e. The second kappa shape index (κ2) is 7.66. The number of nitrogen functional groups attached to an aromatic ring is 1. The second-order valence-corrected chi connectivity index (χ2v) is 7.16. The maximum Gasteiger partial charge on any atom is 0.213 e. The van der Waals surface area contributed by atoms with Crippen molar-refractivity contribution >= 4 is 17.2 Å². The van der Waals surface area contributed by atoms with Crippen LogP contribution >= 0.6 is 11.3 Å². The van der Waals surface area contributed by atoms with Crippen LogP contribution in [0, 0.1) is 6.92 Å². The average molecular weight is 390 g/mol. The Balaban J connectivity index is 1.79. The van der Waals surface area contributed by atoms with Gasteiger partial charge in [-0.05, 0) is 24.6 Å². The maximum atomic E-state index is 6.30. The number of hydrogen-bond donors (Lipinski definition) is 1. The van der Waals surface area contributed by atoms with E-state index in [-0.39, 0.29) is 0 Å². The van der Waals surface area contributed by atoms with Crippen molar-refractivity contribution in [3.8, 4) is 39.1 Å². The van der Waals surface area contributed by atoms with Gasteiger partial charge >= 0.3 is 0 Å². The van der Waals surface area contributed by atoms with Crippen molar-refractivity contribution in [3.05, 3.63) is 65.9 Å². The number of thiazole rings is 1. The van der Waals surface area contributed by atoms with E-state index in [1.807, 2.05) is 43.3 Å². The normalized spacial score (nSPS) is 10.6. The van der Waals surface area contributed by atoms with E-state index in [0.29, 0.717) is 28.1 Å². The number of nitrogens with two attached hydrogens (primary N) is 1. The number of nitrogens with zero attached hydrogens (tertiary/aromatic N) is 3. The minimum Gasteiger partial charge on any atom is -0.481 e. The van der Waals surface area contributed by atoms with Crippen LogP contribution in [0.3, 0.4) is 0 Å². The van der Waals surface area contributed by atoms with Crippen molar-refractivity contribution in [3.63, 3.8) is 0 Å². The molecule has 4 rings (SSSR count). The summed E-state index contributed by atoms with van der Waals surface area (Å²) in [6.45, 7) is 1.96. The summed E-state index contributed by atoms with van der Waals surface area (Å²) in [6.07, 6.45) is 3.29. The van der Waals surface area contributed by atoms with Crippen molar-refractivity contribution in [2.24, 2.45) is 0 Å². The molecule has 28 heavy (non-hydrogen) atoms. The Morgan fingerprint density at radius 3 is 2.54 bits per heavy atom. The molecule has 0 radical (unpaired) electrons. The monoisotopic (exact) mass is 390 g/mol. The van der Waals surface area contributed by atoms with Gasteiger partial charge in [-0.25, -0.2) is 15.0 Å². The molecule has 0 amide bonds. The van der Waals surface area contributed by atoms with Crippen LogP contribution in [0.25, 0.3) is 22.4 Å². The number of benzene rings is 1. The molecule has 4 aromatic rings. The quantitative estimate of drug-likeness (QED) is 0.519. The molecule has 0 atom stereocenters. The molecule has 0 unspecified atom stereocenters. The third-order valence-electron chi connectivity index (χ3n) is 4.13. The molecule has 140 valence electrons. The van der Waals surface area contributed by atoms with Crippen molar-refractivity contribution in [1.29, 1.82) is 0 Å². The van der Waals surface area contributed by atoms with Gasteiger partial charge in [-0.2, -0.15) is 0 Å². The molecule has 0 aliphatic heterocycles. The van der Waals surface area contributed by atoms with Gasteiger partial charge in [0.2, 0.25) is 10.9 Å². The highest BCUT2D eigenvalue weighted by molar-refractivity contribution is 7.13. The van der Waals surface area contributed by atoms with E-state index in [9.17, 15) is 0 Å². The molecule has 3 heterocycles. The topological polar surface area (TPSA) is 83.2 Å². The molecule has 6 nitrogen and oxygen atoms in total. The van der Waals surface area contributed by atoms with Crippen LogP contribution in [-0.2, 0) is 0 Å². The lowest BCUT2D eigenvalue weighted by molar-refractivity contribution is 0.398. The van der Waals surface area contributed by atoms with Gasteiger partial charge in [0.15, 0.2) is 0 Å². The van der Waals surface area contributed by atoms with Gasteiger partial charge in [-0.15, -0.1) is 0 Å². The molecule has 3 aromatic heterocycles. The molecule has 2 N–H and O–H groups in total. The molecule has 0 bridgehead atoms. The lowest BCUT2D eigenvalue weighted by Gasteiger charge is -2.13. The number of hydrogen-bond acceptors (Lipinski definition) is 7. The molecular formula is C21H18N4O2S. The summed E-state index contributed by atoms with van der Waals surface area (Å²) in [5.41, 5.74) is 9.49. The first-order valence-corrected chi connectivity index (χ1v) is 9.43. The van der Waals surface area contributed by atoms with E-state index >= 15 is 0 Å². The average Bonchev–Trinajstić information content (AvgIpc) is 3.09. The first kappa shape index (κ1) is 17.9. The first-order chi connectivity index (χ1) is 13.7. The van der Waals surface area contributed by atoms with Gasteiger partial charge in [0.25, 0.3) is 0 Å². The van der Waals surface area contributed by atoms with Crippen LogP contribution in [-0.4, -0.2) is 22.1 Å². The van der Waals surface area contributed by atoms with E-state index in [0.717, 1.165) is 21.8 Å². The number of ether oxygens (including phenoxy) is 2. The number of rotatable bonds is 5. The van der Waals surface area contributed by atoms with Crippen LogP contribution in [0.5, 0.6) is 16.7 Å². The van der Waals surface area contributed by atoms with Gasteiger partial charge in [0.05, 0.1) is 17.7 Å². The van der Waals surface area contributed by atoms with Crippen LogP contribution in [0.2, 0.25) is 0 Å². The summed E-state index contributed by atoms with van der Waals surface area (Å²) in [5, 5.41) is 1.62. The van der Waals surface area contributed by atoms with Gasteiger partial charge in [-0.1, -0.05) is 41.7 Å². The third-order valence-corrected chi connectivity index (χ3v) is 4.98. The summed E-state index contributed by atoms with van der Waals surface area (Å²) in [4.78, 5) is 13.0. The van der Waals surface area contributed by atoms with Gasteiger partial charge in [0.1, 0.15) is 17.3 Å². The number of aryl methyl sites for hydroxylation is 1. The van der Waals surface area contributed by atoms with E-state index < -0.39 is 0 Å². The predicted octanol–water partition coefficient (Wildman–Crippen LogP) is 4.96. The number of anilines is 1. The van der Waals surface area contributed by atoms with Crippen molar-refractivity contribution < 1.29 is 9.47 Å². The molecule has 7 heteroatoms. The lowest BCUT2D eigenvalue weighted by atomic mass is 10.1. The Morgan fingerprint density at radius 2 is 1.75 bits per heavy atom. The minimum absolute atomic E-state index is 0.369. The molecule has 0 saturated heterocycles. The van der Waals surface area contributed by atoms with E-state index in [2.05, 4.69) is 15.0 Å². The largest absolute Gasteiger partial charge is 0.481 e. The summed E-state index contributed by atoms with van der Waals surface area (Å²) in [6, 6.07) is 15.4. The number of methoxy groups -OCH3 is 1. The Labute approximate surface area is 166 Å². The Kier molecular flexibility index (Phi) is 4.90. The van der Waals surface area contributed by atoms with Crippen LogP contribution < -0.4 is 15.2 Å². The standard InChI is InChI=1S/C21H18N4O2S/c1-13-25-19(14-6-4-3-5-7-14)21(28-13)27-16-9-11-24-20(22)18(16)15-8-10-23-17(12-15)26-2/h3-12H,1-2H3,(H2,22,24). The fourth-order valence-electron chi connectivity index (χ4n) is 2.87. The summed E-state index contributed by atoms with van der Waals surface area (Å²) < 4.78 is 11.5. The highest BCUT2D eigenvalue weighted by Crippen LogP contribution is 2.42. The molecule has 0 fully saturated rings. The van der Waals surface area contributed by atoms with E-state index in [1.54, 1.807) is 31.6 Å². The maximum absolute atomic E-state index is 6.30. The first-order valence-electron chi connectivity index (χ1n) is 8.61. The number of aromatic nitrogens is 3. The van der Waals surface area contributed by atoms with Crippen molar-refractivity contribution in [2.45, 2.75) is 6.92 Å². The minimum atomic E-state index is 0.369. The van der Waals surface area contributed by atoms with Crippen molar-refractivity contribution in [1.82, 2.24) is 15.0 Å². The van der Waals surface area contributed by atoms with Crippen LogP contribution in [0.1, 0.15) is 5.01 Å². The zero-order valence-corrected chi connectivity index (χ0v) is 16.2. The molecule has 0 saturated carbocycles. The summed E-state index contributed by atoms with van der Waals surface area (Å²) in [7, 11) is 1.57. The predicted molar refractivity (Wildman–Crippen MR) is 111 cm³/mol. The lowest BCUT2D eigenvalue weighted by Crippen LogP contribution is -1.98. The molecule has 1 aromatic carbocycles.